The molecule has 0 aliphatic carbocycles. The van der Waals surface area contributed by atoms with E-state index in [1.54, 1.807) is 0 Å². The highest BCUT2D eigenvalue weighted by Crippen LogP contribution is 2.17. The fraction of sp³-hybridized carbons (Fsp3) is 0.935. The zero-order valence-electron chi connectivity index (χ0n) is 24.2. The lowest BCUT2D eigenvalue weighted by atomic mass is 9.99. The first-order valence-electron chi connectivity index (χ1n) is 15.1. The lowest BCUT2D eigenvalue weighted by Gasteiger charge is -2.11. The zero-order valence-corrected chi connectivity index (χ0v) is 24.2. The molecule has 0 amide bonds. The molecule has 0 bridgehead atoms. The summed E-state index contributed by atoms with van der Waals surface area (Å²) in [6, 6.07) is 0. The molecule has 4 heteroatoms. The molecule has 208 valence electrons. The van der Waals surface area contributed by atoms with Crippen molar-refractivity contribution in [3.63, 3.8) is 0 Å². The number of carbonyl (C=O) groups is 2. The van der Waals surface area contributed by atoms with Crippen LogP contribution < -0.4 is 0 Å². The monoisotopic (exact) mass is 496 g/mol. The first kappa shape index (κ1) is 33.9. The van der Waals surface area contributed by atoms with Crippen molar-refractivity contribution >= 4 is 11.9 Å². The minimum atomic E-state index is -0.0176. The van der Waals surface area contributed by atoms with Gasteiger partial charge < -0.3 is 9.47 Å². The molecular formula is C31H60O4. The quantitative estimate of drug-likeness (QED) is 0.0932. The van der Waals surface area contributed by atoms with Crippen molar-refractivity contribution in [2.24, 2.45) is 17.8 Å². The lowest BCUT2D eigenvalue weighted by molar-refractivity contribution is -0.145. The van der Waals surface area contributed by atoms with Gasteiger partial charge >= 0.3 is 11.9 Å². The van der Waals surface area contributed by atoms with Gasteiger partial charge in [0.2, 0.25) is 0 Å². The molecule has 0 saturated carbocycles. The van der Waals surface area contributed by atoms with Gasteiger partial charge in [-0.3, -0.25) is 9.59 Å². The molecular weight excluding hydrogens is 436 g/mol. The lowest BCUT2D eigenvalue weighted by Crippen LogP contribution is -2.10. The molecule has 0 aliphatic rings. The van der Waals surface area contributed by atoms with Crippen molar-refractivity contribution in [1.29, 1.82) is 0 Å². The minimum absolute atomic E-state index is 0.0159. The van der Waals surface area contributed by atoms with Crippen LogP contribution in [-0.2, 0) is 19.1 Å². The van der Waals surface area contributed by atoms with Crippen LogP contribution in [0.1, 0.15) is 157 Å². The van der Waals surface area contributed by atoms with Crippen LogP contribution in [0.4, 0.5) is 0 Å². The third kappa shape index (κ3) is 27.4. The SMILES string of the molecule is CC(C)CCCCOC(=O)CCCCCCCCCCCCC(C)CC(=O)OCCCCC(C)C. The van der Waals surface area contributed by atoms with E-state index in [9.17, 15) is 9.59 Å². The van der Waals surface area contributed by atoms with E-state index in [2.05, 4.69) is 34.6 Å². The molecule has 0 aromatic rings. The molecule has 35 heavy (non-hydrogen) atoms. The Morgan fingerprint density at radius 3 is 1.37 bits per heavy atom. The van der Waals surface area contributed by atoms with E-state index >= 15 is 0 Å². The highest BCUT2D eigenvalue weighted by molar-refractivity contribution is 5.69. The van der Waals surface area contributed by atoms with Crippen molar-refractivity contribution in [2.45, 2.75) is 157 Å². The molecule has 1 unspecified atom stereocenters. The van der Waals surface area contributed by atoms with Crippen LogP contribution in [0.3, 0.4) is 0 Å². The van der Waals surface area contributed by atoms with E-state index in [1.807, 2.05) is 0 Å². The Balaban J connectivity index is 3.34. The van der Waals surface area contributed by atoms with Crippen LogP contribution in [0.15, 0.2) is 0 Å². The van der Waals surface area contributed by atoms with Gasteiger partial charge in [-0.05, 0) is 49.9 Å². The van der Waals surface area contributed by atoms with Crippen LogP contribution in [-0.4, -0.2) is 25.2 Å². The van der Waals surface area contributed by atoms with Gasteiger partial charge in [0.25, 0.3) is 0 Å². The molecule has 0 aliphatic heterocycles. The van der Waals surface area contributed by atoms with Gasteiger partial charge in [0.15, 0.2) is 0 Å². The molecule has 0 fully saturated rings. The topological polar surface area (TPSA) is 52.6 Å². The molecule has 0 rings (SSSR count). The van der Waals surface area contributed by atoms with Crippen molar-refractivity contribution < 1.29 is 19.1 Å². The summed E-state index contributed by atoms with van der Waals surface area (Å²) in [4.78, 5) is 23.7. The molecule has 0 radical (unpaired) electrons. The summed E-state index contributed by atoms with van der Waals surface area (Å²) in [7, 11) is 0. The maximum atomic E-state index is 11.9. The first-order valence-corrected chi connectivity index (χ1v) is 15.1. The van der Waals surface area contributed by atoms with Gasteiger partial charge in [0.1, 0.15) is 0 Å². The van der Waals surface area contributed by atoms with Gasteiger partial charge in [-0.25, -0.2) is 0 Å². The Morgan fingerprint density at radius 2 is 0.886 bits per heavy atom. The van der Waals surface area contributed by atoms with E-state index in [4.69, 9.17) is 9.47 Å². The van der Waals surface area contributed by atoms with Crippen LogP contribution in [0.25, 0.3) is 0 Å². The van der Waals surface area contributed by atoms with E-state index < -0.39 is 0 Å². The summed E-state index contributed by atoms with van der Waals surface area (Å²) >= 11 is 0. The summed E-state index contributed by atoms with van der Waals surface area (Å²) in [6.45, 7) is 12.3. The average molecular weight is 497 g/mol. The second-order valence-electron chi connectivity index (χ2n) is 11.6. The van der Waals surface area contributed by atoms with Gasteiger partial charge in [-0.15, -0.1) is 0 Å². The van der Waals surface area contributed by atoms with Gasteiger partial charge in [-0.2, -0.15) is 0 Å². The van der Waals surface area contributed by atoms with Crippen LogP contribution in [0.5, 0.6) is 0 Å². The maximum Gasteiger partial charge on any atom is 0.306 e. The summed E-state index contributed by atoms with van der Waals surface area (Å²) in [5, 5.41) is 0. The molecule has 0 heterocycles. The standard InChI is InChI=1S/C31H60O4/c1-27(2)20-16-18-24-34-30(32)23-15-13-11-9-7-6-8-10-12-14-22-29(5)26-31(33)35-25-19-17-21-28(3)4/h27-29H,6-26H2,1-5H3. The molecule has 0 N–H and O–H groups in total. The number of rotatable bonds is 25. The zero-order chi connectivity index (χ0) is 26.2. The van der Waals surface area contributed by atoms with E-state index in [1.165, 1.54) is 64.2 Å². The van der Waals surface area contributed by atoms with Crippen molar-refractivity contribution in [3.8, 4) is 0 Å². The third-order valence-corrected chi connectivity index (χ3v) is 6.72. The maximum absolute atomic E-state index is 11.9. The Morgan fingerprint density at radius 1 is 0.486 bits per heavy atom. The second kappa shape index (κ2) is 24.6. The summed E-state index contributed by atoms with van der Waals surface area (Å²) in [5.74, 6) is 1.86. The predicted molar refractivity (Wildman–Crippen MR) is 148 cm³/mol. The number of ether oxygens (including phenoxy) is 2. The molecule has 0 aromatic carbocycles. The van der Waals surface area contributed by atoms with Gasteiger partial charge in [-0.1, -0.05) is 112 Å². The van der Waals surface area contributed by atoms with Crippen LogP contribution in [0, 0.1) is 17.8 Å². The largest absolute Gasteiger partial charge is 0.466 e. The molecule has 0 saturated heterocycles. The summed E-state index contributed by atoms with van der Waals surface area (Å²) in [6.07, 6.45) is 21.3. The van der Waals surface area contributed by atoms with E-state index in [0.717, 1.165) is 56.8 Å². The van der Waals surface area contributed by atoms with E-state index in [-0.39, 0.29) is 11.9 Å². The van der Waals surface area contributed by atoms with E-state index in [0.29, 0.717) is 32.0 Å². The number of esters is 2. The molecule has 0 spiro atoms. The molecule has 0 aromatic heterocycles. The highest BCUT2D eigenvalue weighted by atomic mass is 16.5. The third-order valence-electron chi connectivity index (χ3n) is 6.72. The summed E-state index contributed by atoms with van der Waals surface area (Å²) < 4.78 is 10.7. The highest BCUT2D eigenvalue weighted by Gasteiger charge is 2.10. The summed E-state index contributed by atoms with van der Waals surface area (Å²) in [5.41, 5.74) is 0. The van der Waals surface area contributed by atoms with Gasteiger partial charge in [0, 0.05) is 12.8 Å². The Labute approximate surface area is 218 Å². The average Bonchev–Trinajstić information content (AvgIpc) is 2.78. The fourth-order valence-electron chi connectivity index (χ4n) is 4.38. The molecule has 4 nitrogen and oxygen atoms in total. The van der Waals surface area contributed by atoms with Crippen LogP contribution in [0.2, 0.25) is 0 Å². The Kier molecular flexibility index (Phi) is 23.9. The van der Waals surface area contributed by atoms with Crippen molar-refractivity contribution in [2.75, 3.05) is 13.2 Å². The first-order chi connectivity index (χ1) is 16.8. The second-order valence-corrected chi connectivity index (χ2v) is 11.6. The smallest absolute Gasteiger partial charge is 0.306 e. The Bertz CT molecular complexity index is 486. The van der Waals surface area contributed by atoms with Crippen molar-refractivity contribution in [1.82, 2.24) is 0 Å². The number of carbonyl (C=O) groups excluding carboxylic acids is 2. The van der Waals surface area contributed by atoms with Crippen molar-refractivity contribution in [3.05, 3.63) is 0 Å². The normalized spacial score (nSPS) is 12.3. The number of hydrogen-bond acceptors (Lipinski definition) is 4. The fourth-order valence-corrected chi connectivity index (χ4v) is 4.38. The Hall–Kier alpha value is -1.06. The molecule has 1 atom stereocenters. The predicted octanol–water partition coefficient (Wildman–Crippen LogP) is 9.43. The minimum Gasteiger partial charge on any atom is -0.466 e. The number of unbranched alkanes of at least 4 members (excludes halogenated alkanes) is 11. The van der Waals surface area contributed by atoms with Gasteiger partial charge in [0.05, 0.1) is 13.2 Å². The van der Waals surface area contributed by atoms with Crippen LogP contribution >= 0.6 is 0 Å². The number of hydrogen-bond donors (Lipinski definition) is 0.